The van der Waals surface area contributed by atoms with Crippen molar-refractivity contribution in [2.24, 2.45) is 0 Å². The molecular weight excluding hydrogens is 278 g/mol. The Balaban J connectivity index is 2.43. The zero-order chi connectivity index (χ0) is 15.1. The number of fused-ring (bicyclic) bond motifs is 1. The third-order valence-electron chi connectivity index (χ3n) is 3.16. The summed E-state index contributed by atoms with van der Waals surface area (Å²) in [7, 11) is 0. The average Bonchev–Trinajstić information content (AvgIpc) is 2.69. The van der Waals surface area contributed by atoms with Gasteiger partial charge in [-0.25, -0.2) is 23.5 Å². The molecule has 7 heteroatoms. The zero-order valence-electron chi connectivity index (χ0n) is 11.4. The number of hydrogen-bond donors (Lipinski definition) is 0. The Morgan fingerprint density at radius 2 is 1.81 bits per heavy atom. The van der Waals surface area contributed by atoms with Gasteiger partial charge in [0.2, 0.25) is 0 Å². The summed E-state index contributed by atoms with van der Waals surface area (Å²) in [6.07, 6.45) is 2.78. The van der Waals surface area contributed by atoms with Crippen LogP contribution in [0.2, 0.25) is 0 Å². The fourth-order valence-corrected chi connectivity index (χ4v) is 2.34. The first-order valence-corrected chi connectivity index (χ1v) is 6.38. The first kappa shape index (κ1) is 13.4. The molecule has 0 aliphatic carbocycles. The molecule has 0 aliphatic rings. The highest BCUT2D eigenvalue weighted by atomic mass is 19.1. The fraction of sp³-hybridized carbons (Fsp3) is 0.214. The predicted octanol–water partition coefficient (Wildman–Crippen LogP) is 2.44. The van der Waals surface area contributed by atoms with Crippen molar-refractivity contribution in [1.29, 1.82) is 0 Å². The van der Waals surface area contributed by atoms with Crippen molar-refractivity contribution < 1.29 is 8.78 Å². The molecule has 2 heterocycles. The summed E-state index contributed by atoms with van der Waals surface area (Å²) in [4.78, 5) is 20.5. The monoisotopic (exact) mass is 290 g/mol. The molecule has 0 spiro atoms. The molecule has 0 bridgehead atoms. The normalized spacial score (nSPS) is 11.5. The van der Waals surface area contributed by atoms with Gasteiger partial charge in [0, 0.05) is 12.1 Å². The molecule has 0 radical (unpaired) electrons. The second-order valence-electron chi connectivity index (χ2n) is 4.94. The molecule has 0 saturated heterocycles. The van der Waals surface area contributed by atoms with Gasteiger partial charge in [-0.3, -0.25) is 9.13 Å². The summed E-state index contributed by atoms with van der Waals surface area (Å²) >= 11 is 0. The first-order chi connectivity index (χ1) is 9.99. The maximum Gasteiger partial charge on any atom is 0.335 e. The van der Waals surface area contributed by atoms with Gasteiger partial charge < -0.3 is 0 Å². The summed E-state index contributed by atoms with van der Waals surface area (Å²) in [5.41, 5.74) is 0.526. The Hall–Kier alpha value is -2.57. The Bertz CT molecular complexity index is 862. The van der Waals surface area contributed by atoms with E-state index in [2.05, 4.69) is 9.97 Å². The molecule has 0 unspecified atom stereocenters. The second kappa shape index (κ2) is 4.76. The minimum Gasteiger partial charge on any atom is -0.273 e. The number of hydrogen-bond acceptors (Lipinski definition) is 3. The van der Waals surface area contributed by atoms with Crippen LogP contribution in [0.4, 0.5) is 8.78 Å². The Labute approximate surface area is 118 Å². The third kappa shape index (κ3) is 2.10. The SMILES string of the molecule is CC(C)n1c(=O)n(-c2cc(F)cc(F)c2)c2cncnc21. The fourth-order valence-electron chi connectivity index (χ4n) is 2.34. The molecule has 2 aromatic heterocycles. The van der Waals surface area contributed by atoms with E-state index >= 15 is 0 Å². The van der Waals surface area contributed by atoms with Gasteiger partial charge >= 0.3 is 5.69 Å². The molecule has 1 aromatic carbocycles. The molecule has 3 rings (SSSR count). The third-order valence-corrected chi connectivity index (χ3v) is 3.16. The van der Waals surface area contributed by atoms with E-state index in [0.29, 0.717) is 11.2 Å². The first-order valence-electron chi connectivity index (χ1n) is 6.38. The number of nitrogens with zero attached hydrogens (tertiary/aromatic N) is 4. The van der Waals surface area contributed by atoms with Gasteiger partial charge in [-0.1, -0.05) is 0 Å². The molecule has 0 saturated carbocycles. The van der Waals surface area contributed by atoms with Crippen LogP contribution in [0.15, 0.2) is 35.5 Å². The molecule has 0 atom stereocenters. The molecule has 0 amide bonds. The van der Waals surface area contributed by atoms with Crippen LogP contribution in [-0.4, -0.2) is 19.1 Å². The highest BCUT2D eigenvalue weighted by molar-refractivity contribution is 5.73. The van der Waals surface area contributed by atoms with Crippen LogP contribution in [0.25, 0.3) is 16.9 Å². The van der Waals surface area contributed by atoms with E-state index in [1.54, 1.807) is 0 Å². The van der Waals surface area contributed by atoms with E-state index in [1.165, 1.54) is 21.7 Å². The summed E-state index contributed by atoms with van der Waals surface area (Å²) in [6.45, 7) is 3.67. The van der Waals surface area contributed by atoms with E-state index in [4.69, 9.17) is 0 Å². The molecule has 0 aliphatic heterocycles. The summed E-state index contributed by atoms with van der Waals surface area (Å²) in [5.74, 6) is -1.50. The molecule has 0 N–H and O–H groups in total. The van der Waals surface area contributed by atoms with Gasteiger partial charge in [0.15, 0.2) is 5.65 Å². The topological polar surface area (TPSA) is 52.7 Å². The predicted molar refractivity (Wildman–Crippen MR) is 73.4 cm³/mol. The molecular formula is C14H12F2N4O. The highest BCUT2D eigenvalue weighted by Gasteiger charge is 2.18. The van der Waals surface area contributed by atoms with Crippen LogP contribution < -0.4 is 5.69 Å². The second-order valence-corrected chi connectivity index (χ2v) is 4.94. The van der Waals surface area contributed by atoms with Gasteiger partial charge in [0.05, 0.1) is 11.9 Å². The molecule has 0 fully saturated rings. The minimum absolute atomic E-state index is 0.108. The van der Waals surface area contributed by atoms with Gasteiger partial charge in [0.1, 0.15) is 23.5 Å². The number of halogens is 2. The van der Waals surface area contributed by atoms with Crippen LogP contribution in [-0.2, 0) is 0 Å². The molecule has 21 heavy (non-hydrogen) atoms. The van der Waals surface area contributed by atoms with Crippen LogP contribution in [0.3, 0.4) is 0 Å². The summed E-state index contributed by atoms with van der Waals surface area (Å²) in [5, 5.41) is 0. The molecule has 3 aromatic rings. The zero-order valence-corrected chi connectivity index (χ0v) is 11.4. The van der Waals surface area contributed by atoms with Gasteiger partial charge in [-0.2, -0.15) is 0 Å². The number of benzene rings is 1. The lowest BCUT2D eigenvalue weighted by molar-refractivity contribution is 0.575. The minimum atomic E-state index is -0.751. The van der Waals surface area contributed by atoms with Crippen LogP contribution >= 0.6 is 0 Å². The number of imidazole rings is 1. The molecule has 108 valence electrons. The number of aromatic nitrogens is 4. The highest BCUT2D eigenvalue weighted by Crippen LogP contribution is 2.19. The lowest BCUT2D eigenvalue weighted by Gasteiger charge is -2.05. The smallest absolute Gasteiger partial charge is 0.273 e. The summed E-state index contributed by atoms with van der Waals surface area (Å²) < 4.78 is 29.5. The molecule has 5 nitrogen and oxygen atoms in total. The van der Waals surface area contributed by atoms with Gasteiger partial charge in [0.25, 0.3) is 0 Å². The van der Waals surface area contributed by atoms with Crippen molar-refractivity contribution in [1.82, 2.24) is 19.1 Å². The Morgan fingerprint density at radius 1 is 1.14 bits per heavy atom. The van der Waals surface area contributed by atoms with Gasteiger partial charge in [-0.05, 0) is 26.0 Å². The van der Waals surface area contributed by atoms with Crippen molar-refractivity contribution in [3.63, 3.8) is 0 Å². The lowest BCUT2D eigenvalue weighted by atomic mass is 10.3. The lowest BCUT2D eigenvalue weighted by Crippen LogP contribution is -2.24. The van der Waals surface area contributed by atoms with E-state index < -0.39 is 17.3 Å². The Morgan fingerprint density at radius 3 is 2.43 bits per heavy atom. The average molecular weight is 290 g/mol. The van der Waals surface area contributed by atoms with Crippen molar-refractivity contribution in [2.45, 2.75) is 19.9 Å². The van der Waals surface area contributed by atoms with Crippen molar-refractivity contribution >= 4 is 11.2 Å². The quantitative estimate of drug-likeness (QED) is 0.728. The van der Waals surface area contributed by atoms with Crippen molar-refractivity contribution in [3.05, 3.63) is 52.8 Å². The van der Waals surface area contributed by atoms with Crippen LogP contribution in [0.5, 0.6) is 0 Å². The Kier molecular flexibility index (Phi) is 3.04. The van der Waals surface area contributed by atoms with Crippen LogP contribution in [0.1, 0.15) is 19.9 Å². The maximum atomic E-state index is 13.4. The largest absolute Gasteiger partial charge is 0.335 e. The van der Waals surface area contributed by atoms with E-state index in [1.807, 2.05) is 13.8 Å². The number of rotatable bonds is 2. The van der Waals surface area contributed by atoms with Crippen molar-refractivity contribution in [3.8, 4) is 5.69 Å². The maximum absolute atomic E-state index is 13.4. The van der Waals surface area contributed by atoms with E-state index in [0.717, 1.165) is 18.2 Å². The summed E-state index contributed by atoms with van der Waals surface area (Å²) in [6, 6.07) is 2.81. The van der Waals surface area contributed by atoms with E-state index in [9.17, 15) is 13.6 Å². The van der Waals surface area contributed by atoms with Crippen LogP contribution in [0, 0.1) is 11.6 Å². The van der Waals surface area contributed by atoms with Gasteiger partial charge in [-0.15, -0.1) is 0 Å². The van der Waals surface area contributed by atoms with E-state index in [-0.39, 0.29) is 11.7 Å². The van der Waals surface area contributed by atoms with Crippen molar-refractivity contribution in [2.75, 3.05) is 0 Å². The standard InChI is InChI=1S/C14H12F2N4O/c1-8(2)19-13-12(6-17-7-18-13)20(14(19)21)11-4-9(15)3-10(16)5-11/h3-8H,1-2H3.